The Balaban J connectivity index is 0.829. The summed E-state index contributed by atoms with van der Waals surface area (Å²) in [5, 5.41) is 9.61. The Bertz CT molecular complexity index is 3810. The van der Waals surface area contributed by atoms with Crippen molar-refractivity contribution in [1.82, 2.24) is 25.3 Å². The zero-order valence-electron chi connectivity index (χ0n) is 62.0. The van der Waals surface area contributed by atoms with E-state index < -0.39 is 120 Å². The normalized spacial score (nSPS) is 20.2. The van der Waals surface area contributed by atoms with Crippen molar-refractivity contribution in [3.63, 3.8) is 0 Å². The topological polar surface area (TPSA) is 258 Å². The highest BCUT2D eigenvalue weighted by Crippen LogP contribution is 2.48. The van der Waals surface area contributed by atoms with Crippen LogP contribution in [0.25, 0.3) is 21.5 Å². The number of benzene rings is 6. The summed E-state index contributed by atoms with van der Waals surface area (Å²) in [4.78, 5) is 137. The molecule has 4 saturated heterocycles. The van der Waals surface area contributed by atoms with Gasteiger partial charge in [-0.1, -0.05) is 137 Å². The minimum Gasteiger partial charge on any atom is -0.466 e. The summed E-state index contributed by atoms with van der Waals surface area (Å²) in [7, 11) is 0. The molecule has 0 spiro atoms. The average Bonchev–Trinajstić information content (AvgIpc) is 1.57. The first-order valence-corrected chi connectivity index (χ1v) is 36.6. The van der Waals surface area contributed by atoms with Gasteiger partial charge in [-0.3, -0.25) is 29.0 Å². The first-order valence-electron chi connectivity index (χ1n) is 36.6. The van der Waals surface area contributed by atoms with Gasteiger partial charge in [0.15, 0.2) is 0 Å². The molecule has 6 aromatic carbocycles. The average molecular weight is 1430 g/mol. The van der Waals surface area contributed by atoms with Crippen LogP contribution in [-0.4, -0.2) is 162 Å². The van der Waals surface area contributed by atoms with E-state index in [1.165, 1.54) is 18.7 Å². The van der Waals surface area contributed by atoms with Gasteiger partial charge in [-0.25, -0.2) is 24.0 Å². The van der Waals surface area contributed by atoms with Crippen LogP contribution in [0.1, 0.15) is 150 Å². The summed E-state index contributed by atoms with van der Waals surface area (Å²) >= 11 is 0. The van der Waals surface area contributed by atoms with Gasteiger partial charge in [0.05, 0.1) is 62.1 Å². The third-order valence-corrected chi connectivity index (χ3v) is 20.3. The number of carbonyl (C=O) groups is 9. The Kier molecular flexibility index (Phi) is 24.8. The van der Waals surface area contributed by atoms with Crippen molar-refractivity contribution in [3.05, 3.63) is 156 Å². The first kappa shape index (κ1) is 76.7. The summed E-state index contributed by atoms with van der Waals surface area (Å²) in [6, 6.07) is 36.8. The number of anilines is 2. The molecule has 12 atom stereocenters. The fourth-order valence-corrected chi connectivity index (χ4v) is 15.3. The Morgan fingerprint density at radius 2 is 0.856 bits per heavy atom. The van der Waals surface area contributed by atoms with E-state index in [4.69, 9.17) is 33.2 Å². The minimum atomic E-state index is -1.46. The van der Waals surface area contributed by atoms with Gasteiger partial charge < -0.3 is 58.5 Å². The van der Waals surface area contributed by atoms with Gasteiger partial charge in [0, 0.05) is 63.5 Å². The molecule has 23 nitrogen and oxygen atoms in total. The van der Waals surface area contributed by atoms with Gasteiger partial charge in [0.1, 0.15) is 17.7 Å². The largest absolute Gasteiger partial charge is 0.466 e. The van der Waals surface area contributed by atoms with Crippen molar-refractivity contribution in [3.8, 4) is 0 Å². The van der Waals surface area contributed by atoms with Gasteiger partial charge in [-0.05, 0) is 154 Å². The number of esters is 4. The zero-order valence-corrected chi connectivity index (χ0v) is 62.0. The molecular weight excluding hydrogens is 1330 g/mol. The lowest BCUT2D eigenvalue weighted by molar-refractivity contribution is -0.173. The summed E-state index contributed by atoms with van der Waals surface area (Å²) in [5.41, 5.74) is 4.25. The van der Waals surface area contributed by atoms with E-state index in [1.54, 1.807) is 72.1 Å². The molecule has 3 unspecified atom stereocenters. The Morgan fingerprint density at radius 1 is 0.481 bits per heavy atom. The van der Waals surface area contributed by atoms with Gasteiger partial charge >= 0.3 is 42.2 Å². The quantitative estimate of drug-likeness (QED) is 0.0290. The lowest BCUT2D eigenvalue weighted by Gasteiger charge is -2.35. The molecule has 5 amide bonds. The fraction of sp³-hybridized carbons (Fsp3) is 0.494. The van der Waals surface area contributed by atoms with E-state index in [0.717, 1.165) is 55.2 Å². The second kappa shape index (κ2) is 33.7. The van der Waals surface area contributed by atoms with Gasteiger partial charge in [0.25, 0.3) is 0 Å². The van der Waals surface area contributed by atoms with Crippen LogP contribution in [0.4, 0.5) is 25.8 Å². The number of rotatable bonds is 26. The third kappa shape index (κ3) is 18.0. The molecule has 4 fully saturated rings. The molecule has 104 heavy (non-hydrogen) atoms. The summed E-state index contributed by atoms with van der Waals surface area (Å²) in [6.07, 6.45) is -3.07. The second-order valence-corrected chi connectivity index (χ2v) is 29.3. The molecule has 4 heterocycles. The van der Waals surface area contributed by atoms with Crippen LogP contribution < -0.4 is 20.4 Å². The lowest BCUT2D eigenvalue weighted by atomic mass is 9.77. The van der Waals surface area contributed by atoms with Crippen molar-refractivity contribution < 1.29 is 76.3 Å². The van der Waals surface area contributed by atoms with E-state index in [9.17, 15) is 33.6 Å². The van der Waals surface area contributed by atoms with Crippen molar-refractivity contribution in [2.24, 2.45) is 23.7 Å². The molecule has 10 rings (SSSR count). The number of amides is 5. The van der Waals surface area contributed by atoms with Crippen LogP contribution in [0.5, 0.6) is 0 Å². The number of fused-ring (bicyclic) bond motifs is 4. The Hall–Kier alpha value is -9.93. The highest BCUT2D eigenvalue weighted by atomic mass is 16.7. The van der Waals surface area contributed by atoms with Gasteiger partial charge in [0.2, 0.25) is 24.4 Å². The number of hydrogen-bond acceptors (Lipinski definition) is 18. The van der Waals surface area contributed by atoms with Gasteiger partial charge in [-0.15, -0.1) is 0 Å². The molecule has 6 aromatic rings. The van der Waals surface area contributed by atoms with Gasteiger partial charge in [-0.2, -0.15) is 0 Å². The number of nitrogens with one attached hydrogen (secondary N) is 2. The molecular formula is C81H101N7O16. The molecule has 0 saturated carbocycles. The predicted octanol–water partition coefficient (Wildman–Crippen LogP) is 12.5. The van der Waals surface area contributed by atoms with Crippen LogP contribution in [0.2, 0.25) is 0 Å². The minimum absolute atomic E-state index is 0.144. The van der Waals surface area contributed by atoms with E-state index in [0.29, 0.717) is 65.1 Å². The molecule has 2 N–H and O–H groups in total. The highest BCUT2D eigenvalue weighted by Gasteiger charge is 2.62. The van der Waals surface area contributed by atoms with E-state index in [-0.39, 0.29) is 36.9 Å². The van der Waals surface area contributed by atoms with Crippen molar-refractivity contribution in [2.75, 3.05) is 49.2 Å². The molecule has 0 aliphatic carbocycles. The van der Waals surface area contributed by atoms with Crippen LogP contribution in [0.3, 0.4) is 0 Å². The van der Waals surface area contributed by atoms with Crippen molar-refractivity contribution in [2.45, 2.75) is 195 Å². The Labute approximate surface area is 609 Å². The highest BCUT2D eigenvalue weighted by molar-refractivity contribution is 5.95. The predicted molar refractivity (Wildman–Crippen MR) is 393 cm³/mol. The number of carbonyl (C=O) groups excluding carboxylic acids is 9. The van der Waals surface area contributed by atoms with E-state index >= 15 is 9.59 Å². The third-order valence-electron chi connectivity index (χ3n) is 20.3. The maximum Gasteiger partial charge on any atom is 0.413 e. The smallest absolute Gasteiger partial charge is 0.413 e. The SMILES string of the molecule is CCOC(=O)Cc1ccc(N2CC[C@H](N(C(=O)OC(C)OC(=O)[C@@H](NC(=O)C3[C@H]4CC[C@@H]([C@H]3C(=O)N[C@@H](C(=O)OC(C)OC(=O)N([C@H]3CCN(c5ccc(CC(=O)OCC)cc5)C3)[C@H](C)c3cccc5ccccc35)C(C)C)N4C(=O)OC(C)(C)C)C(C)C)[C@H](C)c3cccc4ccccc34)C2)cc1. The monoisotopic (exact) mass is 1430 g/mol. The number of ether oxygens (including phenoxy) is 7. The molecule has 0 radical (unpaired) electrons. The second-order valence-electron chi connectivity index (χ2n) is 29.3. The molecule has 556 valence electrons. The standard InChI is InChI=1S/C81H101N7O16/c1-14-98-68(89)44-54-30-34-58(35-31-54)84-42-40-60(46-84)86(50(7)62-28-20-24-56-22-16-18-26-64(56)62)78(95)102-52(9)100-76(93)72(48(3)4)82-74(91)70-66-38-39-67(88(66)80(97)104-81(11,12)13)71(70)75(92)83-73(49(5)6)77(94)101-53(10)103-79(96)87(51(8)63-29-21-25-57-23-17-19-27-65(57)63)61-41-43-85(47-61)59-36-32-55(33-37-59)45-69(90)99-15-2/h16-37,48-53,60-61,66-67,70-73H,14-15,38-47H2,1-13H3,(H,82,91)(H,83,92)/t50-,51-,52?,53?,60+,61+,66-,67+,70?,71-,72+,73-/m1/s1. The Morgan fingerprint density at radius 3 is 1.22 bits per heavy atom. The summed E-state index contributed by atoms with van der Waals surface area (Å²) in [6.45, 7) is 24.9. The van der Waals surface area contributed by atoms with Crippen LogP contribution in [-0.2, 0) is 74.8 Å². The fourth-order valence-electron chi connectivity index (χ4n) is 15.3. The van der Waals surface area contributed by atoms with E-state index in [2.05, 4.69) is 20.4 Å². The summed E-state index contributed by atoms with van der Waals surface area (Å²) < 4.78 is 40.2. The lowest BCUT2D eigenvalue weighted by Crippen LogP contribution is -2.55. The molecule has 4 aliphatic rings. The van der Waals surface area contributed by atoms with Crippen LogP contribution in [0, 0.1) is 23.7 Å². The molecule has 4 aliphatic heterocycles. The summed E-state index contributed by atoms with van der Waals surface area (Å²) in [5.74, 6) is -7.67. The molecule has 23 heteroatoms. The maximum absolute atomic E-state index is 15.2. The van der Waals surface area contributed by atoms with Crippen LogP contribution >= 0.6 is 0 Å². The molecule has 0 aromatic heterocycles. The first-order chi connectivity index (χ1) is 49.6. The maximum atomic E-state index is 15.2. The van der Waals surface area contributed by atoms with Crippen molar-refractivity contribution >= 4 is 86.9 Å². The number of hydrogen-bond donors (Lipinski definition) is 2. The zero-order chi connectivity index (χ0) is 74.8. The number of nitrogens with zero attached hydrogens (tertiary/aromatic N) is 5. The van der Waals surface area contributed by atoms with E-state index in [1.807, 2.05) is 147 Å². The van der Waals surface area contributed by atoms with Crippen molar-refractivity contribution in [1.29, 1.82) is 0 Å². The molecule has 2 bridgehead atoms. The van der Waals surface area contributed by atoms with Crippen LogP contribution in [0.15, 0.2) is 133 Å².